The molecule has 0 amide bonds. The smallest absolute Gasteiger partial charge is 0.303 e. The summed E-state index contributed by atoms with van der Waals surface area (Å²) in [6.45, 7) is 6.00. The summed E-state index contributed by atoms with van der Waals surface area (Å²) in [6, 6.07) is 6.16. The SMILES string of the molecule is Cc1ccc(C)c([C@H](C)CC(=O)O)c1. The van der Waals surface area contributed by atoms with Crippen molar-refractivity contribution in [1.82, 2.24) is 0 Å². The predicted octanol–water partition coefficient (Wildman–Crippen LogP) is 2.88. The van der Waals surface area contributed by atoms with Gasteiger partial charge in [0.25, 0.3) is 0 Å². The number of benzene rings is 1. The van der Waals surface area contributed by atoms with Gasteiger partial charge in [-0.3, -0.25) is 4.79 Å². The molecule has 0 heterocycles. The molecular formula is C12H16O2. The molecule has 1 rings (SSSR count). The molecule has 0 aliphatic heterocycles. The lowest BCUT2D eigenvalue weighted by molar-refractivity contribution is -0.137. The van der Waals surface area contributed by atoms with Crippen LogP contribution >= 0.6 is 0 Å². The molecule has 0 aliphatic carbocycles. The lowest BCUT2D eigenvalue weighted by atomic mass is 9.92. The van der Waals surface area contributed by atoms with Gasteiger partial charge in [0.2, 0.25) is 0 Å². The average Bonchev–Trinajstić information content (AvgIpc) is 2.08. The van der Waals surface area contributed by atoms with E-state index in [2.05, 4.69) is 6.07 Å². The zero-order valence-corrected chi connectivity index (χ0v) is 8.87. The van der Waals surface area contributed by atoms with E-state index in [1.54, 1.807) is 0 Å². The van der Waals surface area contributed by atoms with Gasteiger partial charge >= 0.3 is 5.97 Å². The van der Waals surface area contributed by atoms with Crippen LogP contribution in [0.3, 0.4) is 0 Å². The highest BCUT2D eigenvalue weighted by molar-refractivity contribution is 5.68. The van der Waals surface area contributed by atoms with Crippen LogP contribution in [-0.4, -0.2) is 11.1 Å². The first kappa shape index (κ1) is 10.8. The Hall–Kier alpha value is -1.31. The summed E-state index contributed by atoms with van der Waals surface area (Å²) in [5.41, 5.74) is 3.50. The number of hydrogen-bond donors (Lipinski definition) is 1. The minimum Gasteiger partial charge on any atom is -0.481 e. The summed E-state index contributed by atoms with van der Waals surface area (Å²) in [5, 5.41) is 8.71. The molecule has 76 valence electrons. The minimum atomic E-state index is -0.738. The third-order valence-electron chi connectivity index (χ3n) is 2.45. The molecule has 0 unspecified atom stereocenters. The van der Waals surface area contributed by atoms with Crippen molar-refractivity contribution in [2.45, 2.75) is 33.1 Å². The lowest BCUT2D eigenvalue weighted by Crippen LogP contribution is -2.04. The monoisotopic (exact) mass is 192 g/mol. The van der Waals surface area contributed by atoms with Crippen LogP contribution in [0, 0.1) is 13.8 Å². The third kappa shape index (κ3) is 2.59. The Morgan fingerprint density at radius 3 is 2.64 bits per heavy atom. The Balaban J connectivity index is 2.93. The summed E-state index contributed by atoms with van der Waals surface area (Å²) in [5.74, 6) is -0.647. The van der Waals surface area contributed by atoms with Gasteiger partial charge in [0.05, 0.1) is 6.42 Å². The molecule has 0 saturated heterocycles. The fourth-order valence-electron chi connectivity index (χ4n) is 1.66. The van der Waals surface area contributed by atoms with Gasteiger partial charge in [-0.2, -0.15) is 0 Å². The molecule has 0 aromatic heterocycles. The van der Waals surface area contributed by atoms with E-state index in [1.165, 1.54) is 11.1 Å². The topological polar surface area (TPSA) is 37.3 Å². The molecule has 0 radical (unpaired) electrons. The molecule has 1 N–H and O–H groups in total. The summed E-state index contributed by atoms with van der Waals surface area (Å²) in [6.07, 6.45) is 0.199. The van der Waals surface area contributed by atoms with Gasteiger partial charge in [-0.15, -0.1) is 0 Å². The molecule has 0 fully saturated rings. The second-order valence-electron chi connectivity index (χ2n) is 3.86. The average molecular weight is 192 g/mol. The minimum absolute atomic E-state index is 0.0902. The Morgan fingerprint density at radius 1 is 1.43 bits per heavy atom. The summed E-state index contributed by atoms with van der Waals surface area (Å²) in [4.78, 5) is 10.6. The maximum atomic E-state index is 10.6. The molecule has 2 nitrogen and oxygen atoms in total. The van der Waals surface area contributed by atoms with Crippen LogP contribution in [0.4, 0.5) is 0 Å². The Bertz CT molecular complexity index is 342. The summed E-state index contributed by atoms with van der Waals surface area (Å²) >= 11 is 0. The van der Waals surface area contributed by atoms with E-state index in [0.29, 0.717) is 0 Å². The number of aryl methyl sites for hydroxylation is 2. The third-order valence-corrected chi connectivity index (χ3v) is 2.45. The van der Waals surface area contributed by atoms with Crippen LogP contribution in [0.15, 0.2) is 18.2 Å². The number of carboxylic acid groups (broad SMARTS) is 1. The summed E-state index contributed by atoms with van der Waals surface area (Å²) in [7, 11) is 0. The predicted molar refractivity (Wildman–Crippen MR) is 56.6 cm³/mol. The van der Waals surface area contributed by atoms with Crippen molar-refractivity contribution in [3.63, 3.8) is 0 Å². The van der Waals surface area contributed by atoms with E-state index in [4.69, 9.17) is 5.11 Å². The van der Waals surface area contributed by atoms with Crippen LogP contribution in [0.5, 0.6) is 0 Å². The van der Waals surface area contributed by atoms with E-state index >= 15 is 0 Å². The zero-order chi connectivity index (χ0) is 10.7. The fraction of sp³-hybridized carbons (Fsp3) is 0.417. The molecule has 0 bridgehead atoms. The number of carbonyl (C=O) groups is 1. The molecule has 1 aromatic rings. The first-order valence-electron chi connectivity index (χ1n) is 4.79. The van der Waals surface area contributed by atoms with Crippen molar-refractivity contribution < 1.29 is 9.90 Å². The first-order chi connectivity index (χ1) is 6.50. The number of hydrogen-bond acceptors (Lipinski definition) is 1. The van der Waals surface area contributed by atoms with E-state index < -0.39 is 5.97 Å². The highest BCUT2D eigenvalue weighted by Gasteiger charge is 2.12. The van der Waals surface area contributed by atoms with Gasteiger partial charge in [-0.25, -0.2) is 0 Å². The number of rotatable bonds is 3. The van der Waals surface area contributed by atoms with Gasteiger partial charge in [-0.05, 0) is 30.9 Å². The largest absolute Gasteiger partial charge is 0.481 e. The normalized spacial score (nSPS) is 12.5. The van der Waals surface area contributed by atoms with E-state index in [1.807, 2.05) is 32.9 Å². The van der Waals surface area contributed by atoms with Gasteiger partial charge in [0, 0.05) is 0 Å². The molecule has 0 aliphatic rings. The first-order valence-corrected chi connectivity index (χ1v) is 4.79. The van der Waals surface area contributed by atoms with Crippen LogP contribution < -0.4 is 0 Å². The lowest BCUT2D eigenvalue weighted by Gasteiger charge is -2.13. The van der Waals surface area contributed by atoms with Gasteiger partial charge in [0.1, 0.15) is 0 Å². The molecule has 14 heavy (non-hydrogen) atoms. The van der Waals surface area contributed by atoms with Crippen molar-refractivity contribution >= 4 is 5.97 Å². The van der Waals surface area contributed by atoms with Gasteiger partial charge < -0.3 is 5.11 Å². The maximum Gasteiger partial charge on any atom is 0.303 e. The molecule has 0 spiro atoms. The quantitative estimate of drug-likeness (QED) is 0.799. The standard InChI is InChI=1S/C12H16O2/c1-8-4-5-9(2)11(6-8)10(3)7-12(13)14/h4-6,10H,7H2,1-3H3,(H,13,14)/t10-/m1/s1. The number of aliphatic carboxylic acids is 1. The van der Waals surface area contributed by atoms with E-state index in [9.17, 15) is 4.79 Å². The van der Waals surface area contributed by atoms with Gasteiger partial charge in [-0.1, -0.05) is 30.7 Å². The van der Waals surface area contributed by atoms with Crippen LogP contribution in [0.25, 0.3) is 0 Å². The highest BCUT2D eigenvalue weighted by atomic mass is 16.4. The van der Waals surface area contributed by atoms with E-state index in [0.717, 1.165) is 5.56 Å². The second-order valence-corrected chi connectivity index (χ2v) is 3.86. The molecule has 1 atom stereocenters. The fourth-order valence-corrected chi connectivity index (χ4v) is 1.66. The Kier molecular flexibility index (Phi) is 3.28. The van der Waals surface area contributed by atoms with Crippen molar-refractivity contribution in [3.05, 3.63) is 34.9 Å². The second kappa shape index (κ2) is 4.27. The maximum absolute atomic E-state index is 10.6. The zero-order valence-electron chi connectivity index (χ0n) is 8.87. The van der Waals surface area contributed by atoms with Crippen molar-refractivity contribution in [2.24, 2.45) is 0 Å². The van der Waals surface area contributed by atoms with Crippen LogP contribution in [0.2, 0.25) is 0 Å². The summed E-state index contributed by atoms with van der Waals surface area (Å²) < 4.78 is 0. The molecular weight excluding hydrogens is 176 g/mol. The van der Waals surface area contributed by atoms with Crippen molar-refractivity contribution in [1.29, 1.82) is 0 Å². The van der Waals surface area contributed by atoms with Gasteiger partial charge in [0.15, 0.2) is 0 Å². The van der Waals surface area contributed by atoms with Crippen LogP contribution in [0.1, 0.15) is 36.0 Å². The Labute approximate surface area is 84.6 Å². The van der Waals surface area contributed by atoms with Crippen molar-refractivity contribution in [3.8, 4) is 0 Å². The highest BCUT2D eigenvalue weighted by Crippen LogP contribution is 2.23. The molecule has 2 heteroatoms. The van der Waals surface area contributed by atoms with Crippen LogP contribution in [-0.2, 0) is 4.79 Å². The Morgan fingerprint density at radius 2 is 2.07 bits per heavy atom. The molecule has 1 aromatic carbocycles. The van der Waals surface area contributed by atoms with E-state index in [-0.39, 0.29) is 12.3 Å². The van der Waals surface area contributed by atoms with Crippen molar-refractivity contribution in [2.75, 3.05) is 0 Å². The number of carboxylic acids is 1. The molecule has 0 saturated carbocycles.